The molecule has 0 bridgehead atoms. The van der Waals surface area contributed by atoms with Gasteiger partial charge in [0.2, 0.25) is 0 Å². The summed E-state index contributed by atoms with van der Waals surface area (Å²) in [5.74, 6) is 0. The highest BCUT2D eigenvalue weighted by Gasteiger charge is 2.37. The molecule has 0 aromatic heterocycles. The summed E-state index contributed by atoms with van der Waals surface area (Å²) in [5.41, 5.74) is 1.42. The topological polar surface area (TPSA) is 77.1 Å². The number of nitrogens with one attached hydrogen (secondary N) is 1. The summed E-state index contributed by atoms with van der Waals surface area (Å²) in [7, 11) is -1.95. The number of benzene rings is 2. The lowest BCUT2D eigenvalue weighted by Crippen LogP contribution is -2.44. The van der Waals surface area contributed by atoms with E-state index in [1.165, 1.54) is 0 Å². The van der Waals surface area contributed by atoms with Gasteiger partial charge in [0.1, 0.15) is 12.2 Å². The average molecular weight is 571 g/mol. The van der Waals surface area contributed by atoms with Crippen LogP contribution in [0.1, 0.15) is 71.9 Å². The van der Waals surface area contributed by atoms with Crippen molar-refractivity contribution in [1.29, 1.82) is 0 Å². The summed E-state index contributed by atoms with van der Waals surface area (Å²) < 4.78 is 17.7. The number of amides is 2. The Labute approximate surface area is 242 Å². The summed E-state index contributed by atoms with van der Waals surface area (Å²) in [4.78, 5) is 27.5. The number of ether oxygens (including phenoxy) is 2. The second kappa shape index (κ2) is 15.2. The SMILES string of the molecule is CC(C)(C)OC(=O)NCCCC(CCO[Si](C)(C)C(C)(C)C)N(Cc1ccccc1)C(=O)OCc1ccccc1. The maximum Gasteiger partial charge on any atom is 0.410 e. The van der Waals surface area contributed by atoms with E-state index in [9.17, 15) is 9.59 Å². The quantitative estimate of drug-likeness (QED) is 0.196. The smallest absolute Gasteiger partial charge is 0.410 e. The number of hydrogen-bond acceptors (Lipinski definition) is 5. The van der Waals surface area contributed by atoms with Gasteiger partial charge in [-0.1, -0.05) is 81.4 Å². The van der Waals surface area contributed by atoms with Crippen molar-refractivity contribution >= 4 is 20.5 Å². The molecule has 1 unspecified atom stereocenters. The minimum Gasteiger partial charge on any atom is -0.445 e. The number of alkyl carbamates (subject to hydrolysis) is 1. The number of carbonyl (C=O) groups excluding carboxylic acids is 2. The Balaban J connectivity index is 2.18. The summed E-state index contributed by atoms with van der Waals surface area (Å²) in [6.45, 7) is 18.3. The van der Waals surface area contributed by atoms with Crippen LogP contribution in [0.25, 0.3) is 0 Å². The molecule has 2 aromatic carbocycles. The Hall–Kier alpha value is -2.84. The molecule has 7 nitrogen and oxygen atoms in total. The summed E-state index contributed by atoms with van der Waals surface area (Å²) in [6.07, 6.45) is 1.25. The van der Waals surface area contributed by atoms with Crippen molar-refractivity contribution in [2.45, 2.75) is 104 Å². The van der Waals surface area contributed by atoms with E-state index in [1.54, 1.807) is 0 Å². The average Bonchev–Trinajstić information content (AvgIpc) is 2.87. The zero-order valence-electron chi connectivity index (χ0n) is 25.8. The fourth-order valence-corrected chi connectivity index (χ4v) is 4.95. The highest BCUT2D eigenvalue weighted by atomic mass is 28.4. The van der Waals surface area contributed by atoms with Crippen molar-refractivity contribution in [2.24, 2.45) is 0 Å². The van der Waals surface area contributed by atoms with Gasteiger partial charge in [-0.3, -0.25) is 0 Å². The van der Waals surface area contributed by atoms with Gasteiger partial charge in [0, 0.05) is 25.7 Å². The van der Waals surface area contributed by atoms with Crippen molar-refractivity contribution in [3.63, 3.8) is 0 Å². The van der Waals surface area contributed by atoms with E-state index in [2.05, 4.69) is 39.2 Å². The standard InChI is InChI=1S/C32H50N2O5Si/c1-31(2,3)39-29(35)33-22-15-20-28(21-23-38-40(7,8)32(4,5)6)34(24-26-16-11-9-12-17-26)30(36)37-25-27-18-13-10-14-19-27/h9-14,16-19,28H,15,20-25H2,1-8H3,(H,33,35). The zero-order chi connectivity index (χ0) is 29.8. The predicted octanol–water partition coefficient (Wildman–Crippen LogP) is 7.91. The summed E-state index contributed by atoms with van der Waals surface area (Å²) >= 11 is 0. The van der Waals surface area contributed by atoms with Gasteiger partial charge < -0.3 is 24.1 Å². The molecule has 2 aromatic rings. The first kappa shape index (κ1) is 33.4. The number of rotatable bonds is 13. The largest absolute Gasteiger partial charge is 0.445 e. The van der Waals surface area contributed by atoms with Crippen LogP contribution in [0.3, 0.4) is 0 Å². The molecular formula is C32H50N2O5Si. The molecule has 222 valence electrons. The van der Waals surface area contributed by atoms with Gasteiger partial charge in [-0.05, 0) is 69.3 Å². The number of hydrogen-bond donors (Lipinski definition) is 1. The third-order valence-corrected chi connectivity index (χ3v) is 11.7. The lowest BCUT2D eigenvalue weighted by Gasteiger charge is -2.37. The monoisotopic (exact) mass is 570 g/mol. The highest BCUT2D eigenvalue weighted by molar-refractivity contribution is 6.74. The van der Waals surface area contributed by atoms with Gasteiger partial charge in [0.05, 0.1) is 0 Å². The molecule has 0 spiro atoms. The molecule has 0 saturated carbocycles. The molecule has 2 rings (SSSR count). The van der Waals surface area contributed by atoms with Crippen molar-refractivity contribution < 1.29 is 23.5 Å². The molecule has 0 aliphatic rings. The fourth-order valence-electron chi connectivity index (χ4n) is 3.89. The lowest BCUT2D eigenvalue weighted by molar-refractivity contribution is 0.0517. The van der Waals surface area contributed by atoms with Crippen LogP contribution in [0.15, 0.2) is 60.7 Å². The number of nitrogens with zero attached hydrogens (tertiary/aromatic N) is 1. The second-order valence-corrected chi connectivity index (χ2v) is 17.6. The van der Waals surface area contributed by atoms with E-state index in [4.69, 9.17) is 13.9 Å². The van der Waals surface area contributed by atoms with Crippen LogP contribution < -0.4 is 5.32 Å². The van der Waals surface area contributed by atoms with Crippen molar-refractivity contribution in [2.75, 3.05) is 13.2 Å². The molecule has 0 aliphatic heterocycles. The predicted molar refractivity (Wildman–Crippen MR) is 164 cm³/mol. The summed E-state index contributed by atoms with van der Waals surface area (Å²) in [5, 5.41) is 2.93. The third kappa shape index (κ3) is 12.1. The van der Waals surface area contributed by atoms with Crippen LogP contribution in [0, 0.1) is 0 Å². The molecule has 40 heavy (non-hydrogen) atoms. The molecule has 0 aliphatic carbocycles. The van der Waals surface area contributed by atoms with Gasteiger partial charge in [0.15, 0.2) is 8.32 Å². The van der Waals surface area contributed by atoms with Gasteiger partial charge in [-0.2, -0.15) is 0 Å². The first-order valence-corrected chi connectivity index (χ1v) is 17.2. The maximum absolute atomic E-state index is 13.6. The molecule has 2 amide bonds. The van der Waals surface area contributed by atoms with E-state index in [0.717, 1.165) is 11.1 Å². The third-order valence-electron chi connectivity index (χ3n) is 7.18. The minimum absolute atomic E-state index is 0.0954. The molecule has 0 heterocycles. The first-order chi connectivity index (χ1) is 18.7. The Morgan fingerprint density at radius 2 is 1.45 bits per heavy atom. The zero-order valence-corrected chi connectivity index (χ0v) is 26.8. The van der Waals surface area contributed by atoms with Crippen LogP contribution in [0.4, 0.5) is 9.59 Å². The van der Waals surface area contributed by atoms with Crippen molar-refractivity contribution in [3.05, 3.63) is 71.8 Å². The van der Waals surface area contributed by atoms with Crippen LogP contribution in [-0.4, -0.2) is 50.2 Å². The van der Waals surface area contributed by atoms with Gasteiger partial charge in [-0.15, -0.1) is 0 Å². The molecule has 0 radical (unpaired) electrons. The number of carbonyl (C=O) groups is 2. The Bertz CT molecular complexity index is 1030. The molecular weight excluding hydrogens is 520 g/mol. The summed E-state index contributed by atoms with van der Waals surface area (Å²) in [6, 6.07) is 19.5. The van der Waals surface area contributed by atoms with Crippen LogP contribution in [-0.2, 0) is 27.1 Å². The Morgan fingerprint density at radius 3 is 2.00 bits per heavy atom. The first-order valence-electron chi connectivity index (χ1n) is 14.3. The highest BCUT2D eigenvalue weighted by Crippen LogP contribution is 2.36. The maximum atomic E-state index is 13.6. The molecule has 1 atom stereocenters. The van der Waals surface area contributed by atoms with Gasteiger partial charge >= 0.3 is 12.2 Å². The van der Waals surface area contributed by atoms with E-state index < -0.39 is 20.0 Å². The minimum atomic E-state index is -1.95. The van der Waals surface area contributed by atoms with E-state index in [-0.39, 0.29) is 23.8 Å². The van der Waals surface area contributed by atoms with Gasteiger partial charge in [0.25, 0.3) is 0 Å². The van der Waals surface area contributed by atoms with Crippen molar-refractivity contribution in [1.82, 2.24) is 10.2 Å². The Morgan fingerprint density at radius 1 is 0.875 bits per heavy atom. The van der Waals surface area contributed by atoms with Crippen LogP contribution >= 0.6 is 0 Å². The van der Waals surface area contributed by atoms with E-state index in [0.29, 0.717) is 39.0 Å². The second-order valence-electron chi connectivity index (χ2n) is 12.8. The Kier molecular flexibility index (Phi) is 12.7. The van der Waals surface area contributed by atoms with Crippen LogP contribution in [0.2, 0.25) is 18.1 Å². The van der Waals surface area contributed by atoms with Crippen LogP contribution in [0.5, 0.6) is 0 Å². The molecule has 8 heteroatoms. The van der Waals surface area contributed by atoms with E-state index >= 15 is 0 Å². The van der Waals surface area contributed by atoms with Crippen molar-refractivity contribution in [3.8, 4) is 0 Å². The molecule has 0 fully saturated rings. The molecule has 1 N–H and O–H groups in total. The fraction of sp³-hybridized carbons (Fsp3) is 0.562. The van der Waals surface area contributed by atoms with E-state index in [1.807, 2.05) is 86.3 Å². The normalized spacial score (nSPS) is 12.9. The lowest BCUT2D eigenvalue weighted by atomic mass is 10.1. The molecule has 0 saturated heterocycles. The van der Waals surface area contributed by atoms with Gasteiger partial charge in [-0.25, -0.2) is 9.59 Å².